The monoisotopic (exact) mass is 359 g/mol. The molecule has 0 saturated carbocycles. The average Bonchev–Trinajstić information content (AvgIpc) is 2.66. The summed E-state index contributed by atoms with van der Waals surface area (Å²) in [5.74, 6) is 0.941. The number of ether oxygens (including phenoxy) is 1. The lowest BCUT2D eigenvalue weighted by atomic mass is 9.73. The number of thioether (sulfide) groups is 1. The Kier molecular flexibility index (Phi) is 4.80. The van der Waals surface area contributed by atoms with Crippen LogP contribution < -0.4 is 5.32 Å². The standard InChI is InChI=1S/C20H25NO3S/c1-25-15-6-8-18-17(10-15)20-16(7-5-14(11-22)24-20)19(21-18)12-3-2-4-13(23)9-12/h2,4,6,8-10,12,14,16,19-23H,3,5,7,11H2,1H3/t12?,14?,16-,19-,20-/m0/s1. The molecule has 0 bridgehead atoms. The first kappa shape index (κ1) is 17.0. The first-order valence-electron chi connectivity index (χ1n) is 8.97. The number of anilines is 1. The predicted octanol–water partition coefficient (Wildman–Crippen LogP) is 4.05. The molecular formula is C20H25NO3S. The van der Waals surface area contributed by atoms with E-state index in [0.717, 1.165) is 24.9 Å². The van der Waals surface area contributed by atoms with Gasteiger partial charge in [-0.2, -0.15) is 0 Å². The van der Waals surface area contributed by atoms with Crippen molar-refractivity contribution >= 4 is 17.4 Å². The Morgan fingerprint density at radius 1 is 1.32 bits per heavy atom. The Bertz CT molecular complexity index is 702. The van der Waals surface area contributed by atoms with E-state index in [4.69, 9.17) is 4.74 Å². The van der Waals surface area contributed by atoms with Gasteiger partial charge in [-0.15, -0.1) is 11.8 Å². The van der Waals surface area contributed by atoms with Gasteiger partial charge in [-0.25, -0.2) is 0 Å². The highest BCUT2D eigenvalue weighted by atomic mass is 32.2. The van der Waals surface area contributed by atoms with Crippen molar-refractivity contribution in [2.45, 2.75) is 42.4 Å². The molecule has 134 valence electrons. The van der Waals surface area contributed by atoms with Crippen LogP contribution in [0.1, 0.15) is 30.9 Å². The number of rotatable bonds is 3. The summed E-state index contributed by atoms with van der Waals surface area (Å²) in [6, 6.07) is 6.71. The molecule has 1 aliphatic carbocycles. The van der Waals surface area contributed by atoms with E-state index in [1.54, 1.807) is 17.8 Å². The fraction of sp³-hybridized carbons (Fsp3) is 0.500. The molecule has 1 aromatic rings. The molecule has 2 unspecified atom stereocenters. The summed E-state index contributed by atoms with van der Waals surface area (Å²) in [4.78, 5) is 1.23. The molecule has 0 aromatic heterocycles. The molecule has 3 aliphatic rings. The van der Waals surface area contributed by atoms with Gasteiger partial charge in [-0.1, -0.05) is 6.08 Å². The third-order valence-electron chi connectivity index (χ3n) is 5.65. The molecule has 0 amide bonds. The molecule has 25 heavy (non-hydrogen) atoms. The average molecular weight is 359 g/mol. The summed E-state index contributed by atoms with van der Waals surface area (Å²) < 4.78 is 6.31. The van der Waals surface area contributed by atoms with Crippen LogP contribution in [0.15, 0.2) is 47.1 Å². The summed E-state index contributed by atoms with van der Waals surface area (Å²) >= 11 is 1.73. The number of allylic oxidation sites excluding steroid dienone is 2. The first-order chi connectivity index (χ1) is 12.2. The summed E-state index contributed by atoms with van der Waals surface area (Å²) in [5.41, 5.74) is 2.32. The molecule has 0 spiro atoms. The Hall–Kier alpha value is -1.43. The highest BCUT2D eigenvalue weighted by molar-refractivity contribution is 7.98. The molecule has 1 aromatic carbocycles. The predicted molar refractivity (Wildman–Crippen MR) is 101 cm³/mol. The molecule has 4 rings (SSSR count). The van der Waals surface area contributed by atoms with Crippen molar-refractivity contribution < 1.29 is 14.9 Å². The molecule has 2 aliphatic heterocycles. The van der Waals surface area contributed by atoms with Crippen LogP contribution in [0.4, 0.5) is 5.69 Å². The molecule has 5 heteroatoms. The van der Waals surface area contributed by atoms with E-state index < -0.39 is 0 Å². The van der Waals surface area contributed by atoms with Gasteiger partial charge >= 0.3 is 0 Å². The zero-order chi connectivity index (χ0) is 17.4. The normalized spacial score (nSPS) is 33.8. The van der Waals surface area contributed by atoms with Crippen LogP contribution in [0.5, 0.6) is 0 Å². The second-order valence-electron chi connectivity index (χ2n) is 7.12. The van der Waals surface area contributed by atoms with Gasteiger partial charge in [0.25, 0.3) is 0 Å². The van der Waals surface area contributed by atoms with Crippen molar-refractivity contribution in [3.05, 3.63) is 47.7 Å². The van der Waals surface area contributed by atoms with E-state index in [2.05, 4.69) is 29.8 Å². The van der Waals surface area contributed by atoms with Crippen molar-refractivity contribution in [3.63, 3.8) is 0 Å². The minimum absolute atomic E-state index is 0.000647. The molecular weight excluding hydrogens is 334 g/mol. The third kappa shape index (κ3) is 3.21. The molecule has 3 N–H and O–H groups in total. The van der Waals surface area contributed by atoms with E-state index in [-0.39, 0.29) is 30.8 Å². The lowest BCUT2D eigenvalue weighted by Crippen LogP contribution is -2.47. The molecule has 0 radical (unpaired) electrons. The zero-order valence-electron chi connectivity index (χ0n) is 14.4. The molecule has 1 fully saturated rings. The maximum atomic E-state index is 9.93. The molecule has 1 saturated heterocycles. The fourth-order valence-electron chi connectivity index (χ4n) is 4.40. The van der Waals surface area contributed by atoms with E-state index in [0.29, 0.717) is 11.7 Å². The van der Waals surface area contributed by atoms with Crippen molar-refractivity contribution in [2.75, 3.05) is 18.2 Å². The Morgan fingerprint density at radius 2 is 2.20 bits per heavy atom. The number of hydrogen-bond donors (Lipinski definition) is 3. The Balaban J connectivity index is 1.70. The molecule has 5 atom stereocenters. The van der Waals surface area contributed by atoms with E-state index in [9.17, 15) is 10.2 Å². The van der Waals surface area contributed by atoms with Gasteiger partial charge in [-0.05, 0) is 55.9 Å². The number of nitrogens with one attached hydrogen (secondary N) is 1. The lowest BCUT2D eigenvalue weighted by molar-refractivity contribution is -0.112. The largest absolute Gasteiger partial charge is 0.508 e. The van der Waals surface area contributed by atoms with Gasteiger partial charge in [-0.3, -0.25) is 0 Å². The first-order valence-corrected chi connectivity index (χ1v) is 10.2. The van der Waals surface area contributed by atoms with Crippen molar-refractivity contribution in [3.8, 4) is 0 Å². The number of aliphatic hydroxyl groups excluding tert-OH is 2. The van der Waals surface area contributed by atoms with Gasteiger partial charge in [0.2, 0.25) is 0 Å². The van der Waals surface area contributed by atoms with E-state index >= 15 is 0 Å². The lowest BCUT2D eigenvalue weighted by Gasteiger charge is -2.47. The topological polar surface area (TPSA) is 61.7 Å². The zero-order valence-corrected chi connectivity index (χ0v) is 15.2. The molecule has 2 heterocycles. The van der Waals surface area contributed by atoms with Gasteiger partial charge in [0.1, 0.15) is 5.76 Å². The van der Waals surface area contributed by atoms with Crippen molar-refractivity contribution in [2.24, 2.45) is 11.8 Å². The quantitative estimate of drug-likeness (QED) is 0.711. The summed E-state index contributed by atoms with van der Waals surface area (Å²) in [6.45, 7) is 0.0751. The number of fused-ring (bicyclic) bond motifs is 3. The van der Waals surface area contributed by atoms with Crippen molar-refractivity contribution in [1.29, 1.82) is 0 Å². The smallest absolute Gasteiger partial charge is 0.111 e. The summed E-state index contributed by atoms with van der Waals surface area (Å²) in [6.07, 6.45) is 10.6. The van der Waals surface area contributed by atoms with Crippen LogP contribution >= 0.6 is 11.8 Å². The van der Waals surface area contributed by atoms with Gasteiger partial charge in [0.05, 0.1) is 18.8 Å². The van der Waals surface area contributed by atoms with E-state index in [1.165, 1.54) is 10.5 Å². The second kappa shape index (κ2) is 7.06. The minimum atomic E-state index is -0.0824. The Labute approximate surface area is 153 Å². The third-order valence-corrected chi connectivity index (χ3v) is 6.37. The molecule has 4 nitrogen and oxygen atoms in total. The SMILES string of the molecule is CSc1ccc2c(c1)[C@H]1OC(CO)CC[C@H]1[C@H](C1C=C(O)C=CC1)N2. The second-order valence-corrected chi connectivity index (χ2v) is 8.00. The number of hydrogen-bond acceptors (Lipinski definition) is 5. The Morgan fingerprint density at radius 3 is 2.96 bits per heavy atom. The van der Waals surface area contributed by atoms with E-state index in [1.807, 2.05) is 12.2 Å². The van der Waals surface area contributed by atoms with Crippen LogP contribution in [-0.4, -0.2) is 35.2 Å². The van der Waals surface area contributed by atoms with Crippen LogP contribution in [0.2, 0.25) is 0 Å². The van der Waals surface area contributed by atoms with Gasteiger partial charge in [0, 0.05) is 34.0 Å². The van der Waals surface area contributed by atoms with Crippen LogP contribution in [0.25, 0.3) is 0 Å². The minimum Gasteiger partial charge on any atom is -0.508 e. The number of benzene rings is 1. The number of aliphatic hydroxyl groups is 2. The summed E-state index contributed by atoms with van der Waals surface area (Å²) in [5, 5.41) is 23.2. The van der Waals surface area contributed by atoms with Crippen molar-refractivity contribution in [1.82, 2.24) is 0 Å². The maximum Gasteiger partial charge on any atom is 0.111 e. The van der Waals surface area contributed by atoms with Crippen LogP contribution in [-0.2, 0) is 4.74 Å². The highest BCUT2D eigenvalue weighted by Gasteiger charge is 2.44. The van der Waals surface area contributed by atoms with Gasteiger partial charge in [0.15, 0.2) is 0 Å². The highest BCUT2D eigenvalue weighted by Crippen LogP contribution is 2.48. The fourth-order valence-corrected chi connectivity index (χ4v) is 4.85. The van der Waals surface area contributed by atoms with Crippen LogP contribution in [0.3, 0.4) is 0 Å². The van der Waals surface area contributed by atoms with Gasteiger partial charge < -0.3 is 20.3 Å². The van der Waals surface area contributed by atoms with Crippen LogP contribution in [0, 0.1) is 11.8 Å². The summed E-state index contributed by atoms with van der Waals surface area (Å²) in [7, 11) is 0. The maximum absolute atomic E-state index is 9.93.